The molecule has 0 fully saturated rings. The first-order valence-corrected chi connectivity index (χ1v) is 8.16. The van der Waals surface area contributed by atoms with Crippen LogP contribution in [0, 0.1) is 6.92 Å². The summed E-state index contributed by atoms with van der Waals surface area (Å²) in [5.74, 6) is -0.564. The number of carbonyl (C=O) groups is 1. The third-order valence-electron chi connectivity index (χ3n) is 3.83. The van der Waals surface area contributed by atoms with Crippen LogP contribution in [0.1, 0.15) is 16.1 Å². The summed E-state index contributed by atoms with van der Waals surface area (Å²) < 4.78 is 27.7. The van der Waals surface area contributed by atoms with Crippen LogP contribution in [-0.2, 0) is 0 Å². The number of anilines is 1. The first-order valence-electron chi connectivity index (χ1n) is 7.78. The van der Waals surface area contributed by atoms with Crippen molar-refractivity contribution in [3.8, 4) is 5.69 Å². The van der Waals surface area contributed by atoms with Crippen LogP contribution in [0.5, 0.6) is 0 Å². The molecule has 8 heteroatoms. The van der Waals surface area contributed by atoms with Crippen molar-refractivity contribution in [2.75, 3.05) is 11.4 Å². The van der Waals surface area contributed by atoms with E-state index in [1.54, 1.807) is 54.3 Å². The van der Waals surface area contributed by atoms with Gasteiger partial charge in [-0.05, 0) is 37.3 Å². The van der Waals surface area contributed by atoms with Crippen molar-refractivity contribution in [3.05, 3.63) is 71.3 Å². The van der Waals surface area contributed by atoms with Crippen LogP contribution in [0.3, 0.4) is 0 Å². The molecule has 0 aliphatic rings. The molecule has 1 amide bonds. The number of nitrogens with zero attached hydrogens (tertiary/aromatic N) is 4. The molecule has 0 N–H and O–H groups in total. The van der Waals surface area contributed by atoms with E-state index in [1.165, 1.54) is 12.3 Å². The first kappa shape index (κ1) is 18.0. The van der Waals surface area contributed by atoms with Gasteiger partial charge in [-0.15, -0.1) is 0 Å². The maximum Gasteiger partial charge on any atom is 0.261 e. The molecule has 134 valence electrons. The molecule has 0 saturated heterocycles. The first-order chi connectivity index (χ1) is 12.5. The molecular weight excluding hydrogens is 362 g/mol. The lowest BCUT2D eigenvalue weighted by Crippen LogP contribution is -2.35. The fraction of sp³-hybridized carbons (Fsp3) is 0.167. The van der Waals surface area contributed by atoms with Gasteiger partial charge in [0.2, 0.25) is 0 Å². The number of rotatable bonds is 5. The van der Waals surface area contributed by atoms with Gasteiger partial charge in [0.05, 0.1) is 29.7 Å². The largest absolute Gasteiger partial charge is 0.302 e. The predicted molar refractivity (Wildman–Crippen MR) is 95.2 cm³/mol. The van der Waals surface area contributed by atoms with Gasteiger partial charge in [0.1, 0.15) is 0 Å². The summed E-state index contributed by atoms with van der Waals surface area (Å²) in [4.78, 5) is 17.9. The molecule has 26 heavy (non-hydrogen) atoms. The van der Waals surface area contributed by atoms with Gasteiger partial charge in [-0.25, -0.2) is 13.5 Å². The molecule has 0 unspecified atom stereocenters. The van der Waals surface area contributed by atoms with Crippen molar-refractivity contribution < 1.29 is 13.6 Å². The lowest BCUT2D eigenvalue weighted by atomic mass is 10.2. The SMILES string of the molecule is Cc1c(C(=O)N(CC(F)F)c2cccc(Cl)c2)cnn1-c1ccncc1. The van der Waals surface area contributed by atoms with Gasteiger partial charge in [0.15, 0.2) is 0 Å². The Labute approximate surface area is 153 Å². The molecular formula is C18H15ClF2N4O. The zero-order valence-electron chi connectivity index (χ0n) is 13.8. The standard InChI is InChI=1S/C18H15ClF2N4O/c1-12-16(10-23-25(12)14-5-7-22-8-6-14)18(26)24(11-17(20)21)15-4-2-3-13(19)9-15/h2-10,17H,11H2,1H3. The van der Waals surface area contributed by atoms with E-state index in [0.29, 0.717) is 16.4 Å². The maximum absolute atomic E-state index is 13.1. The highest BCUT2D eigenvalue weighted by atomic mass is 35.5. The number of carbonyl (C=O) groups excluding carboxylic acids is 1. The Morgan fingerprint density at radius 2 is 2.00 bits per heavy atom. The molecule has 0 aliphatic carbocycles. The minimum Gasteiger partial charge on any atom is -0.302 e. The van der Waals surface area contributed by atoms with E-state index in [1.807, 2.05) is 0 Å². The third kappa shape index (κ3) is 3.72. The fourth-order valence-corrected chi connectivity index (χ4v) is 2.78. The van der Waals surface area contributed by atoms with Crippen molar-refractivity contribution in [3.63, 3.8) is 0 Å². The zero-order valence-corrected chi connectivity index (χ0v) is 14.6. The summed E-state index contributed by atoms with van der Waals surface area (Å²) >= 11 is 5.94. The van der Waals surface area contributed by atoms with Crippen LogP contribution >= 0.6 is 11.6 Å². The van der Waals surface area contributed by atoms with Crippen LogP contribution in [0.4, 0.5) is 14.5 Å². The summed E-state index contributed by atoms with van der Waals surface area (Å²) in [6.07, 6.45) is 1.90. The highest BCUT2D eigenvalue weighted by Crippen LogP contribution is 2.24. The number of alkyl halides is 2. The van der Waals surface area contributed by atoms with Crippen molar-refractivity contribution in [1.82, 2.24) is 14.8 Å². The normalized spacial score (nSPS) is 11.0. The van der Waals surface area contributed by atoms with Crippen molar-refractivity contribution in [2.24, 2.45) is 0 Å². The molecule has 1 aromatic carbocycles. The van der Waals surface area contributed by atoms with Crippen molar-refractivity contribution in [1.29, 1.82) is 0 Å². The lowest BCUT2D eigenvalue weighted by molar-refractivity contribution is 0.0945. The average Bonchev–Trinajstić information content (AvgIpc) is 3.01. The average molecular weight is 377 g/mol. The van der Waals surface area contributed by atoms with Gasteiger partial charge >= 0.3 is 0 Å². The van der Waals surface area contributed by atoms with Crippen LogP contribution in [0.2, 0.25) is 5.02 Å². The molecule has 0 radical (unpaired) electrons. The van der Waals surface area contributed by atoms with E-state index >= 15 is 0 Å². The maximum atomic E-state index is 13.1. The summed E-state index contributed by atoms with van der Waals surface area (Å²) in [6.45, 7) is 0.970. The van der Waals surface area contributed by atoms with Gasteiger partial charge < -0.3 is 4.90 Å². The molecule has 3 rings (SSSR count). The number of pyridine rings is 1. The molecule has 3 aromatic rings. The smallest absolute Gasteiger partial charge is 0.261 e. The second kappa shape index (κ2) is 7.61. The zero-order chi connectivity index (χ0) is 18.7. The quantitative estimate of drug-likeness (QED) is 0.672. The van der Waals surface area contributed by atoms with Crippen molar-refractivity contribution in [2.45, 2.75) is 13.3 Å². The number of aromatic nitrogens is 3. The predicted octanol–water partition coefficient (Wildman–Crippen LogP) is 4.14. The fourth-order valence-electron chi connectivity index (χ4n) is 2.60. The number of amides is 1. The van der Waals surface area contributed by atoms with Crippen LogP contribution < -0.4 is 4.90 Å². The van der Waals surface area contributed by atoms with Gasteiger partial charge in [0, 0.05) is 23.1 Å². The van der Waals surface area contributed by atoms with E-state index in [4.69, 9.17) is 11.6 Å². The monoisotopic (exact) mass is 376 g/mol. The second-order valence-corrected chi connectivity index (χ2v) is 5.98. The Kier molecular flexibility index (Phi) is 5.27. The summed E-state index contributed by atoms with van der Waals surface area (Å²) in [5.41, 5.74) is 1.81. The highest BCUT2D eigenvalue weighted by Gasteiger charge is 2.25. The van der Waals surface area contributed by atoms with E-state index in [-0.39, 0.29) is 5.56 Å². The molecule has 0 atom stereocenters. The topological polar surface area (TPSA) is 51.0 Å². The van der Waals surface area contributed by atoms with Gasteiger partial charge in [0.25, 0.3) is 12.3 Å². The minimum absolute atomic E-state index is 0.238. The molecule has 0 spiro atoms. The number of hydrogen-bond donors (Lipinski definition) is 0. The van der Waals surface area contributed by atoms with Crippen LogP contribution in [-0.4, -0.2) is 33.6 Å². The number of benzene rings is 1. The molecule has 0 aliphatic heterocycles. The Morgan fingerprint density at radius 3 is 2.65 bits per heavy atom. The van der Waals surface area contributed by atoms with E-state index in [0.717, 1.165) is 10.6 Å². The van der Waals surface area contributed by atoms with Crippen LogP contribution in [0.25, 0.3) is 5.69 Å². The minimum atomic E-state index is -2.69. The summed E-state index contributed by atoms with van der Waals surface area (Å²) in [7, 11) is 0. The summed E-state index contributed by atoms with van der Waals surface area (Å²) in [5, 5.41) is 4.57. The second-order valence-electron chi connectivity index (χ2n) is 5.55. The molecule has 5 nitrogen and oxygen atoms in total. The number of hydrogen-bond acceptors (Lipinski definition) is 3. The Morgan fingerprint density at radius 1 is 1.27 bits per heavy atom. The van der Waals surface area contributed by atoms with Gasteiger partial charge in [-0.2, -0.15) is 5.10 Å². The summed E-state index contributed by atoms with van der Waals surface area (Å²) in [6, 6.07) is 9.74. The molecule has 2 heterocycles. The van der Waals surface area contributed by atoms with E-state index in [9.17, 15) is 13.6 Å². The van der Waals surface area contributed by atoms with Crippen molar-refractivity contribution >= 4 is 23.2 Å². The third-order valence-corrected chi connectivity index (χ3v) is 4.07. The molecule has 0 bridgehead atoms. The Balaban J connectivity index is 1.99. The molecule has 0 saturated carbocycles. The molecule has 2 aromatic heterocycles. The van der Waals surface area contributed by atoms with Gasteiger partial charge in [-0.1, -0.05) is 17.7 Å². The van der Waals surface area contributed by atoms with E-state index in [2.05, 4.69) is 10.1 Å². The number of halogens is 3. The lowest BCUT2D eigenvalue weighted by Gasteiger charge is -2.22. The van der Waals surface area contributed by atoms with E-state index < -0.39 is 18.9 Å². The van der Waals surface area contributed by atoms with Gasteiger partial charge in [-0.3, -0.25) is 9.78 Å². The Hall–Kier alpha value is -2.80. The highest BCUT2D eigenvalue weighted by molar-refractivity contribution is 6.31. The van der Waals surface area contributed by atoms with Crippen LogP contribution in [0.15, 0.2) is 55.0 Å². The Bertz CT molecular complexity index is 915.